The van der Waals surface area contributed by atoms with Crippen LogP contribution in [0, 0.1) is 15.5 Å². The molecule has 0 amide bonds. The molecule has 0 spiro atoms. The molecule has 3 aromatic rings. The SMILES string of the molecule is C[C@H]1O[C@@H](OC(=N)C(Cl)(Cl)Cl)C[C@@H](OCc2ccc3ccccc3c2)[C@@H]1OS(=O)(=O)CCc1ccc([N+](=O)[O-])cc1. The highest BCUT2D eigenvalue weighted by Gasteiger charge is 2.43. The quantitative estimate of drug-likeness (QED) is 0.0698. The van der Waals surface area contributed by atoms with Crippen molar-refractivity contribution in [1.82, 2.24) is 0 Å². The second-order valence-corrected chi connectivity index (χ2v) is 13.5. The zero-order valence-electron chi connectivity index (χ0n) is 21.7. The lowest BCUT2D eigenvalue weighted by atomic mass is 10.0. The lowest BCUT2D eigenvalue weighted by Crippen LogP contribution is -2.51. The van der Waals surface area contributed by atoms with E-state index in [0.717, 1.165) is 16.3 Å². The third kappa shape index (κ3) is 8.74. The van der Waals surface area contributed by atoms with Crippen molar-refractivity contribution in [1.29, 1.82) is 5.41 Å². The van der Waals surface area contributed by atoms with Gasteiger partial charge in [0.15, 0.2) is 0 Å². The number of aryl methyl sites for hydroxylation is 1. The van der Waals surface area contributed by atoms with Crippen molar-refractivity contribution in [2.24, 2.45) is 0 Å². The number of ether oxygens (including phenoxy) is 3. The molecular weight excluding hydrogens is 619 g/mol. The number of rotatable bonds is 10. The Kier molecular flexibility index (Phi) is 10.1. The van der Waals surface area contributed by atoms with E-state index in [1.54, 1.807) is 6.92 Å². The van der Waals surface area contributed by atoms with Crippen LogP contribution in [0.4, 0.5) is 5.69 Å². The molecule has 220 valence electrons. The van der Waals surface area contributed by atoms with E-state index in [9.17, 15) is 18.5 Å². The molecule has 41 heavy (non-hydrogen) atoms. The lowest BCUT2D eigenvalue weighted by Gasteiger charge is -2.39. The molecule has 1 aliphatic heterocycles. The van der Waals surface area contributed by atoms with Crippen molar-refractivity contribution in [3.63, 3.8) is 0 Å². The zero-order chi connectivity index (χ0) is 29.8. The minimum atomic E-state index is -4.09. The molecule has 0 aromatic heterocycles. The average molecular weight is 646 g/mol. The Labute approximate surface area is 252 Å². The monoisotopic (exact) mass is 644 g/mol. The Morgan fingerprint density at radius 1 is 1.07 bits per heavy atom. The van der Waals surface area contributed by atoms with Crippen molar-refractivity contribution in [2.45, 2.75) is 54.8 Å². The van der Waals surface area contributed by atoms with E-state index >= 15 is 0 Å². The molecule has 1 fully saturated rings. The van der Waals surface area contributed by atoms with Crippen LogP contribution in [0.25, 0.3) is 10.8 Å². The summed E-state index contributed by atoms with van der Waals surface area (Å²) in [5.41, 5.74) is 1.36. The molecule has 4 rings (SSSR count). The molecule has 14 heteroatoms. The summed E-state index contributed by atoms with van der Waals surface area (Å²) in [6.45, 7) is 1.73. The number of non-ortho nitro benzene ring substituents is 1. The minimum Gasteiger partial charge on any atom is -0.448 e. The van der Waals surface area contributed by atoms with Crippen LogP contribution in [0.2, 0.25) is 0 Å². The molecule has 1 heterocycles. The predicted molar refractivity (Wildman–Crippen MR) is 156 cm³/mol. The zero-order valence-corrected chi connectivity index (χ0v) is 24.8. The van der Waals surface area contributed by atoms with Gasteiger partial charge in [0, 0.05) is 18.6 Å². The predicted octanol–water partition coefficient (Wildman–Crippen LogP) is 6.09. The smallest absolute Gasteiger partial charge is 0.269 e. The van der Waals surface area contributed by atoms with Crippen molar-refractivity contribution in [3.8, 4) is 0 Å². The molecule has 3 aromatic carbocycles. The van der Waals surface area contributed by atoms with Crippen LogP contribution in [-0.4, -0.2) is 53.4 Å². The summed E-state index contributed by atoms with van der Waals surface area (Å²) < 4.78 is 46.8. The lowest BCUT2D eigenvalue weighted by molar-refractivity contribution is -0.384. The second-order valence-electron chi connectivity index (χ2n) is 9.48. The van der Waals surface area contributed by atoms with Gasteiger partial charge in [-0.2, -0.15) is 8.42 Å². The van der Waals surface area contributed by atoms with Gasteiger partial charge >= 0.3 is 0 Å². The maximum absolute atomic E-state index is 13.0. The van der Waals surface area contributed by atoms with Gasteiger partial charge in [0.25, 0.3) is 19.6 Å². The van der Waals surface area contributed by atoms with Crippen LogP contribution in [0.15, 0.2) is 66.7 Å². The summed E-state index contributed by atoms with van der Waals surface area (Å²) in [5, 5.41) is 20.8. The number of halogens is 3. The Hall–Kier alpha value is -2.51. The maximum atomic E-state index is 13.0. The molecule has 0 saturated carbocycles. The Morgan fingerprint density at radius 3 is 2.39 bits per heavy atom. The number of hydrogen-bond donors (Lipinski definition) is 1. The minimum absolute atomic E-state index is 0.0103. The van der Waals surface area contributed by atoms with Gasteiger partial charge in [0.05, 0.1) is 29.5 Å². The van der Waals surface area contributed by atoms with E-state index in [1.165, 1.54) is 24.3 Å². The molecule has 1 aliphatic rings. The molecule has 0 bridgehead atoms. The third-order valence-electron chi connectivity index (χ3n) is 6.45. The van der Waals surface area contributed by atoms with E-state index in [4.69, 9.17) is 58.6 Å². The number of nitrogens with zero attached hydrogens (tertiary/aromatic N) is 1. The molecule has 4 atom stereocenters. The number of fused-ring (bicyclic) bond motifs is 1. The first-order chi connectivity index (χ1) is 19.3. The Bertz CT molecular complexity index is 1500. The summed E-state index contributed by atoms with van der Waals surface area (Å²) in [6, 6.07) is 19.3. The summed E-state index contributed by atoms with van der Waals surface area (Å²) >= 11 is 17.2. The fourth-order valence-corrected chi connectivity index (χ4v) is 5.69. The van der Waals surface area contributed by atoms with Crippen molar-refractivity contribution < 1.29 is 31.7 Å². The summed E-state index contributed by atoms with van der Waals surface area (Å²) in [4.78, 5) is 10.3. The number of hydrogen-bond acceptors (Lipinski definition) is 9. The van der Waals surface area contributed by atoms with E-state index in [0.29, 0.717) is 5.56 Å². The van der Waals surface area contributed by atoms with Crippen LogP contribution in [0.5, 0.6) is 0 Å². The number of nitro benzene ring substituents is 1. The number of alkyl halides is 3. The summed E-state index contributed by atoms with van der Waals surface area (Å²) in [5.74, 6) is -1.02. The fraction of sp³-hybridized carbons (Fsp3) is 0.370. The van der Waals surface area contributed by atoms with Gasteiger partial charge < -0.3 is 14.2 Å². The molecule has 0 radical (unpaired) electrons. The fourth-order valence-electron chi connectivity index (χ4n) is 4.35. The van der Waals surface area contributed by atoms with Crippen LogP contribution < -0.4 is 0 Å². The van der Waals surface area contributed by atoms with Crippen molar-refractivity contribution in [3.05, 3.63) is 88.0 Å². The first-order valence-corrected chi connectivity index (χ1v) is 15.2. The molecule has 0 unspecified atom stereocenters. The molecule has 1 N–H and O–H groups in total. The normalized spacial score (nSPS) is 21.5. The van der Waals surface area contributed by atoms with Gasteiger partial charge in [-0.1, -0.05) is 83.3 Å². The molecule has 0 aliphatic carbocycles. The van der Waals surface area contributed by atoms with Gasteiger partial charge in [0.2, 0.25) is 12.2 Å². The number of nitro groups is 1. The molecule has 1 saturated heterocycles. The number of nitrogens with one attached hydrogen (secondary N) is 1. The van der Waals surface area contributed by atoms with Gasteiger partial charge in [-0.05, 0) is 41.3 Å². The topological polar surface area (TPSA) is 138 Å². The van der Waals surface area contributed by atoms with Gasteiger partial charge in [-0.25, -0.2) is 0 Å². The van der Waals surface area contributed by atoms with Crippen molar-refractivity contribution >= 4 is 67.3 Å². The maximum Gasteiger partial charge on any atom is 0.269 e. The average Bonchev–Trinajstić information content (AvgIpc) is 2.92. The highest BCUT2D eigenvalue weighted by molar-refractivity contribution is 7.86. The van der Waals surface area contributed by atoms with Gasteiger partial charge in [0.1, 0.15) is 6.10 Å². The second kappa shape index (κ2) is 13.2. The van der Waals surface area contributed by atoms with E-state index in [-0.39, 0.29) is 30.9 Å². The first kappa shape index (κ1) is 31.4. The third-order valence-corrected chi connectivity index (χ3v) is 8.19. The van der Waals surface area contributed by atoms with E-state index < -0.39 is 49.3 Å². The van der Waals surface area contributed by atoms with E-state index in [2.05, 4.69) is 0 Å². The largest absolute Gasteiger partial charge is 0.448 e. The highest BCUT2D eigenvalue weighted by atomic mass is 35.6. The Balaban J connectivity index is 1.47. The molecule has 10 nitrogen and oxygen atoms in total. The van der Waals surface area contributed by atoms with Crippen molar-refractivity contribution in [2.75, 3.05) is 5.75 Å². The van der Waals surface area contributed by atoms with Crippen LogP contribution in [0.3, 0.4) is 0 Å². The molecular formula is C27H27Cl3N2O8S. The van der Waals surface area contributed by atoms with Crippen LogP contribution in [-0.2, 0) is 41.5 Å². The summed E-state index contributed by atoms with van der Waals surface area (Å²) in [6.07, 6.45) is -3.70. The van der Waals surface area contributed by atoms with Crippen LogP contribution >= 0.6 is 34.8 Å². The highest BCUT2D eigenvalue weighted by Crippen LogP contribution is 2.33. The standard InChI is InChI=1S/C27H27Cl3N2O8S/c1-17-25(40-41(35,36)13-12-18-7-10-22(11-8-18)32(33)34)23(15-24(38-17)39-26(31)27(28,29)30)37-16-19-6-9-20-4-2-3-5-21(20)14-19/h2-11,14,17,23-25,31H,12-13,15-16H2,1H3/t17-,23-,24+,25-/m1/s1. The van der Waals surface area contributed by atoms with Gasteiger partial charge in [-0.3, -0.25) is 19.7 Å². The Morgan fingerprint density at radius 2 is 1.73 bits per heavy atom. The number of benzene rings is 3. The van der Waals surface area contributed by atoms with Gasteiger partial charge in [-0.15, -0.1) is 0 Å². The van der Waals surface area contributed by atoms with E-state index in [1.807, 2.05) is 42.5 Å². The summed E-state index contributed by atoms with van der Waals surface area (Å²) in [7, 11) is -4.09. The first-order valence-electron chi connectivity index (χ1n) is 12.5. The van der Waals surface area contributed by atoms with Crippen LogP contribution in [0.1, 0.15) is 24.5 Å².